The fourth-order valence-corrected chi connectivity index (χ4v) is 1.35. The summed E-state index contributed by atoms with van der Waals surface area (Å²) in [6, 6.07) is 0. The van der Waals surface area contributed by atoms with Crippen LogP contribution in [0.4, 0.5) is 0 Å². The molecular weight excluding hydrogens is 158 g/mol. The number of hydrogen-bond acceptors (Lipinski definition) is 3. The second-order valence-corrected chi connectivity index (χ2v) is 3.13. The summed E-state index contributed by atoms with van der Waals surface area (Å²) in [6.07, 6.45) is 0. The van der Waals surface area contributed by atoms with Crippen molar-refractivity contribution in [3.8, 4) is 0 Å². The van der Waals surface area contributed by atoms with E-state index in [0.29, 0.717) is 0 Å². The van der Waals surface area contributed by atoms with Crippen molar-refractivity contribution in [1.82, 2.24) is 4.90 Å². The number of imide groups is 1. The fourth-order valence-electron chi connectivity index (χ4n) is 1.35. The predicted molar refractivity (Wildman–Crippen MR) is 42.1 cm³/mol. The monoisotopic (exact) mass is 171 g/mol. The van der Waals surface area contributed by atoms with Crippen LogP contribution in [0.2, 0.25) is 0 Å². The molecule has 0 saturated carbocycles. The van der Waals surface area contributed by atoms with Gasteiger partial charge in [0.05, 0.1) is 13.2 Å². The Bertz CT molecular complexity index is 194. The number of rotatable bonds is 2. The molecule has 2 atom stereocenters. The van der Waals surface area contributed by atoms with Crippen LogP contribution in [-0.4, -0.2) is 35.0 Å². The predicted octanol–water partition coefficient (Wildman–Crippen LogP) is -0.380. The summed E-state index contributed by atoms with van der Waals surface area (Å²) in [6.45, 7) is 3.45. The van der Waals surface area contributed by atoms with Gasteiger partial charge in [-0.05, 0) is 0 Å². The Morgan fingerprint density at radius 2 is 1.67 bits per heavy atom. The van der Waals surface area contributed by atoms with E-state index in [0.717, 1.165) is 4.90 Å². The minimum absolute atomic E-state index is 0.131. The van der Waals surface area contributed by atoms with E-state index in [-0.39, 0.29) is 36.8 Å². The first-order valence-corrected chi connectivity index (χ1v) is 4.05. The fraction of sp³-hybridized carbons (Fsp3) is 0.750. The van der Waals surface area contributed by atoms with E-state index in [1.165, 1.54) is 0 Å². The first-order valence-electron chi connectivity index (χ1n) is 4.05. The van der Waals surface area contributed by atoms with Crippen molar-refractivity contribution in [3.63, 3.8) is 0 Å². The van der Waals surface area contributed by atoms with Crippen LogP contribution in [0, 0.1) is 11.8 Å². The minimum Gasteiger partial charge on any atom is -0.395 e. The van der Waals surface area contributed by atoms with Gasteiger partial charge in [-0.2, -0.15) is 0 Å². The van der Waals surface area contributed by atoms with Crippen molar-refractivity contribution in [2.75, 3.05) is 13.2 Å². The number of hydrogen-bond donors (Lipinski definition) is 1. The largest absolute Gasteiger partial charge is 0.395 e. The number of amides is 2. The number of carbonyl (C=O) groups is 2. The summed E-state index contributed by atoms with van der Waals surface area (Å²) < 4.78 is 0. The molecule has 1 heterocycles. The SMILES string of the molecule is CC1C(=O)N(CCO)C(=O)C1C. The maximum absolute atomic E-state index is 11.3. The van der Waals surface area contributed by atoms with Crippen LogP contribution in [-0.2, 0) is 9.59 Å². The van der Waals surface area contributed by atoms with Crippen molar-refractivity contribution in [2.24, 2.45) is 11.8 Å². The van der Waals surface area contributed by atoms with Gasteiger partial charge in [0.2, 0.25) is 11.8 Å². The molecule has 1 rings (SSSR count). The third-order valence-electron chi connectivity index (χ3n) is 2.38. The van der Waals surface area contributed by atoms with Gasteiger partial charge in [-0.3, -0.25) is 14.5 Å². The second kappa shape index (κ2) is 3.23. The lowest BCUT2D eigenvalue weighted by molar-refractivity contribution is -0.140. The third-order valence-corrected chi connectivity index (χ3v) is 2.38. The van der Waals surface area contributed by atoms with E-state index in [1.54, 1.807) is 13.8 Å². The van der Waals surface area contributed by atoms with Gasteiger partial charge in [-0.25, -0.2) is 0 Å². The number of likely N-dealkylation sites (tertiary alicyclic amines) is 1. The van der Waals surface area contributed by atoms with E-state index in [4.69, 9.17) is 5.11 Å². The lowest BCUT2D eigenvalue weighted by Gasteiger charge is -2.11. The average Bonchev–Trinajstić information content (AvgIpc) is 2.23. The zero-order valence-corrected chi connectivity index (χ0v) is 7.28. The van der Waals surface area contributed by atoms with Crippen LogP contribution >= 0.6 is 0 Å². The maximum Gasteiger partial charge on any atom is 0.232 e. The minimum atomic E-state index is -0.232. The van der Waals surface area contributed by atoms with E-state index in [2.05, 4.69) is 0 Å². The quantitative estimate of drug-likeness (QED) is 0.576. The molecule has 4 heteroatoms. The Labute approximate surface area is 71.2 Å². The van der Waals surface area contributed by atoms with Gasteiger partial charge in [-0.15, -0.1) is 0 Å². The molecular formula is C8H13NO3. The van der Waals surface area contributed by atoms with Crippen molar-refractivity contribution in [3.05, 3.63) is 0 Å². The standard InChI is InChI=1S/C8H13NO3/c1-5-6(2)8(12)9(3-4-10)7(5)11/h5-6,10H,3-4H2,1-2H3. The van der Waals surface area contributed by atoms with E-state index >= 15 is 0 Å². The van der Waals surface area contributed by atoms with Crippen molar-refractivity contribution in [2.45, 2.75) is 13.8 Å². The highest BCUT2D eigenvalue weighted by Gasteiger charge is 2.41. The van der Waals surface area contributed by atoms with E-state index < -0.39 is 0 Å². The molecule has 4 nitrogen and oxygen atoms in total. The zero-order chi connectivity index (χ0) is 9.30. The first-order chi connectivity index (χ1) is 5.59. The summed E-state index contributed by atoms with van der Waals surface area (Å²) in [5.41, 5.74) is 0. The maximum atomic E-state index is 11.3. The molecule has 0 aliphatic carbocycles. The van der Waals surface area contributed by atoms with Gasteiger partial charge in [0, 0.05) is 11.8 Å². The first kappa shape index (κ1) is 9.19. The van der Waals surface area contributed by atoms with Crippen molar-refractivity contribution < 1.29 is 14.7 Å². The Balaban J connectivity index is 2.76. The molecule has 12 heavy (non-hydrogen) atoms. The number of aliphatic hydroxyl groups is 1. The molecule has 1 N–H and O–H groups in total. The van der Waals surface area contributed by atoms with E-state index in [1.807, 2.05) is 0 Å². The molecule has 0 radical (unpaired) electrons. The Hall–Kier alpha value is -0.900. The Morgan fingerprint density at radius 1 is 1.25 bits per heavy atom. The van der Waals surface area contributed by atoms with Crippen molar-refractivity contribution >= 4 is 11.8 Å². The highest BCUT2D eigenvalue weighted by Crippen LogP contribution is 2.24. The average molecular weight is 171 g/mol. The third kappa shape index (κ3) is 1.22. The molecule has 0 aromatic rings. The summed E-state index contributed by atoms with van der Waals surface area (Å²) >= 11 is 0. The lowest BCUT2D eigenvalue weighted by atomic mass is 10.00. The van der Waals surface area contributed by atoms with Crippen LogP contribution in [0.3, 0.4) is 0 Å². The number of β-amino-alcohol motifs (C(OH)–C–C–N with tert-alkyl or cyclic N) is 1. The summed E-state index contributed by atoms with van der Waals surface area (Å²) in [4.78, 5) is 23.8. The second-order valence-electron chi connectivity index (χ2n) is 3.13. The molecule has 2 unspecified atom stereocenters. The van der Waals surface area contributed by atoms with Gasteiger partial charge in [0.1, 0.15) is 0 Å². The molecule has 2 amide bonds. The molecule has 68 valence electrons. The van der Waals surface area contributed by atoms with Crippen LogP contribution in [0.5, 0.6) is 0 Å². The Morgan fingerprint density at radius 3 is 2.00 bits per heavy atom. The highest BCUT2D eigenvalue weighted by molar-refractivity contribution is 6.04. The zero-order valence-electron chi connectivity index (χ0n) is 7.28. The number of nitrogens with zero attached hydrogens (tertiary/aromatic N) is 1. The molecule has 1 saturated heterocycles. The summed E-state index contributed by atoms with van der Waals surface area (Å²) in [5.74, 6) is -0.795. The van der Waals surface area contributed by atoms with Crippen LogP contribution in [0.1, 0.15) is 13.8 Å². The molecule has 0 aromatic carbocycles. The molecule has 0 bridgehead atoms. The van der Waals surface area contributed by atoms with Gasteiger partial charge in [0.15, 0.2) is 0 Å². The molecule has 1 aliphatic rings. The van der Waals surface area contributed by atoms with Gasteiger partial charge in [-0.1, -0.05) is 13.8 Å². The van der Waals surface area contributed by atoms with Crippen LogP contribution < -0.4 is 0 Å². The molecule has 0 aromatic heterocycles. The summed E-state index contributed by atoms with van der Waals surface area (Å²) in [7, 11) is 0. The molecule has 0 spiro atoms. The normalized spacial score (nSPS) is 30.1. The van der Waals surface area contributed by atoms with Gasteiger partial charge < -0.3 is 5.11 Å². The van der Waals surface area contributed by atoms with Gasteiger partial charge in [0.25, 0.3) is 0 Å². The molecule has 1 aliphatic heterocycles. The van der Waals surface area contributed by atoms with Crippen LogP contribution in [0.25, 0.3) is 0 Å². The van der Waals surface area contributed by atoms with Crippen LogP contribution in [0.15, 0.2) is 0 Å². The highest BCUT2D eigenvalue weighted by atomic mass is 16.3. The smallest absolute Gasteiger partial charge is 0.232 e. The van der Waals surface area contributed by atoms with E-state index in [9.17, 15) is 9.59 Å². The van der Waals surface area contributed by atoms with Crippen molar-refractivity contribution in [1.29, 1.82) is 0 Å². The lowest BCUT2D eigenvalue weighted by Crippen LogP contribution is -2.33. The topological polar surface area (TPSA) is 57.6 Å². The van der Waals surface area contributed by atoms with Gasteiger partial charge >= 0.3 is 0 Å². The molecule has 1 fully saturated rings. The summed E-state index contributed by atoms with van der Waals surface area (Å²) in [5, 5.41) is 8.59. The number of carbonyl (C=O) groups excluding carboxylic acids is 2. The number of aliphatic hydroxyl groups excluding tert-OH is 1. The Kier molecular flexibility index (Phi) is 2.47.